The first-order valence-corrected chi connectivity index (χ1v) is 7.44. The van der Waals surface area contributed by atoms with Gasteiger partial charge >= 0.3 is 6.18 Å². The van der Waals surface area contributed by atoms with Gasteiger partial charge in [0, 0.05) is 19.3 Å². The van der Waals surface area contributed by atoms with Crippen LogP contribution >= 0.6 is 0 Å². The highest BCUT2D eigenvalue weighted by atomic mass is 19.4. The molecule has 0 spiro atoms. The van der Waals surface area contributed by atoms with E-state index in [1.165, 1.54) is 25.5 Å². The molecule has 1 aromatic heterocycles. The molecule has 1 aliphatic rings. The van der Waals surface area contributed by atoms with Crippen molar-refractivity contribution in [1.82, 2.24) is 9.88 Å². The number of alkyl halides is 3. The zero-order valence-corrected chi connectivity index (χ0v) is 12.3. The van der Waals surface area contributed by atoms with Crippen molar-refractivity contribution in [2.24, 2.45) is 5.92 Å². The molecule has 118 valence electrons. The lowest BCUT2D eigenvalue weighted by atomic mass is 10.1. The number of nitrogens with one attached hydrogen (secondary N) is 1. The molecule has 1 saturated heterocycles. The summed E-state index contributed by atoms with van der Waals surface area (Å²) in [5.74, 6) is 0.662. The lowest BCUT2D eigenvalue weighted by Crippen LogP contribution is -2.35. The minimum atomic E-state index is -4.32. The topological polar surface area (TPSA) is 28.2 Å². The van der Waals surface area contributed by atoms with Crippen LogP contribution in [0.4, 0.5) is 19.0 Å². The average molecular weight is 301 g/mol. The fraction of sp³-hybridized carbons (Fsp3) is 0.667. The predicted octanol–water partition coefficient (Wildman–Crippen LogP) is 3.63. The summed E-state index contributed by atoms with van der Waals surface area (Å²) in [7, 11) is 0. The molecule has 0 bridgehead atoms. The molecule has 1 fully saturated rings. The van der Waals surface area contributed by atoms with Crippen molar-refractivity contribution in [2.45, 2.75) is 32.4 Å². The van der Waals surface area contributed by atoms with E-state index in [4.69, 9.17) is 0 Å². The molecule has 3 nitrogen and oxygen atoms in total. The van der Waals surface area contributed by atoms with Gasteiger partial charge in [0.1, 0.15) is 5.82 Å². The van der Waals surface area contributed by atoms with E-state index in [0.29, 0.717) is 12.5 Å². The summed E-state index contributed by atoms with van der Waals surface area (Å²) in [5, 5.41) is 3.01. The standard InChI is InChI=1S/C15H22F3N3/c1-12(11-21-7-3-2-4-8-21)10-20-14-9-13(5-6-19-14)15(16,17)18/h5-6,9,12H,2-4,7-8,10-11H2,1H3,(H,19,20). The monoisotopic (exact) mass is 301 g/mol. The summed E-state index contributed by atoms with van der Waals surface area (Å²) < 4.78 is 37.8. The van der Waals surface area contributed by atoms with E-state index in [2.05, 4.69) is 22.1 Å². The number of likely N-dealkylation sites (tertiary alicyclic amines) is 1. The van der Waals surface area contributed by atoms with E-state index >= 15 is 0 Å². The van der Waals surface area contributed by atoms with Crippen LogP contribution in [0.1, 0.15) is 31.7 Å². The van der Waals surface area contributed by atoms with Gasteiger partial charge in [-0.3, -0.25) is 0 Å². The number of piperidine rings is 1. The Bertz CT molecular complexity index is 442. The van der Waals surface area contributed by atoms with Crippen LogP contribution in [0.25, 0.3) is 0 Å². The van der Waals surface area contributed by atoms with Gasteiger partial charge in [-0.15, -0.1) is 0 Å². The maximum atomic E-state index is 12.6. The number of hydrogen-bond acceptors (Lipinski definition) is 3. The van der Waals surface area contributed by atoms with Gasteiger partial charge in [0.25, 0.3) is 0 Å². The van der Waals surface area contributed by atoms with E-state index in [-0.39, 0.29) is 5.82 Å². The van der Waals surface area contributed by atoms with Crippen LogP contribution < -0.4 is 5.32 Å². The van der Waals surface area contributed by atoms with Gasteiger partial charge in [0.2, 0.25) is 0 Å². The second-order valence-corrected chi connectivity index (χ2v) is 5.77. The average Bonchev–Trinajstić information content (AvgIpc) is 2.46. The Hall–Kier alpha value is -1.30. The quantitative estimate of drug-likeness (QED) is 0.900. The van der Waals surface area contributed by atoms with Gasteiger partial charge in [-0.1, -0.05) is 13.3 Å². The first-order chi connectivity index (χ1) is 9.95. The van der Waals surface area contributed by atoms with Crippen molar-refractivity contribution in [2.75, 3.05) is 31.5 Å². The molecule has 1 N–H and O–H groups in total. The van der Waals surface area contributed by atoms with Crippen LogP contribution in [0.3, 0.4) is 0 Å². The minimum Gasteiger partial charge on any atom is -0.370 e. The van der Waals surface area contributed by atoms with E-state index in [0.717, 1.165) is 31.8 Å². The molecule has 0 amide bonds. The first-order valence-electron chi connectivity index (χ1n) is 7.44. The maximum absolute atomic E-state index is 12.6. The number of aromatic nitrogens is 1. The van der Waals surface area contributed by atoms with Crippen LogP contribution in [0.5, 0.6) is 0 Å². The van der Waals surface area contributed by atoms with E-state index in [1.54, 1.807) is 0 Å². The van der Waals surface area contributed by atoms with Crippen molar-refractivity contribution in [3.63, 3.8) is 0 Å². The fourth-order valence-corrected chi connectivity index (χ4v) is 2.63. The third-order valence-corrected chi connectivity index (χ3v) is 3.74. The molecule has 1 unspecified atom stereocenters. The van der Waals surface area contributed by atoms with Gasteiger partial charge < -0.3 is 10.2 Å². The van der Waals surface area contributed by atoms with Crippen LogP contribution in [-0.2, 0) is 6.18 Å². The lowest BCUT2D eigenvalue weighted by molar-refractivity contribution is -0.137. The molecule has 0 saturated carbocycles. The summed E-state index contributed by atoms with van der Waals surface area (Å²) in [6, 6.07) is 2.05. The van der Waals surface area contributed by atoms with E-state index in [1.807, 2.05) is 0 Å². The number of hydrogen-bond donors (Lipinski definition) is 1. The minimum absolute atomic E-state index is 0.287. The molecule has 6 heteroatoms. The summed E-state index contributed by atoms with van der Waals surface area (Å²) in [4.78, 5) is 6.37. The number of anilines is 1. The molecule has 2 heterocycles. The maximum Gasteiger partial charge on any atom is 0.416 e. The highest BCUT2D eigenvalue weighted by Crippen LogP contribution is 2.29. The van der Waals surface area contributed by atoms with Gasteiger partial charge in [-0.05, 0) is 44.0 Å². The highest BCUT2D eigenvalue weighted by molar-refractivity contribution is 5.38. The van der Waals surface area contributed by atoms with Crippen LogP contribution in [0.2, 0.25) is 0 Å². The molecular formula is C15H22F3N3. The molecule has 2 rings (SSSR count). The Kier molecular flexibility index (Phi) is 5.45. The Balaban J connectivity index is 1.82. The predicted molar refractivity (Wildman–Crippen MR) is 77.2 cm³/mol. The van der Waals surface area contributed by atoms with Crippen molar-refractivity contribution in [3.8, 4) is 0 Å². The van der Waals surface area contributed by atoms with Gasteiger partial charge in [-0.25, -0.2) is 4.98 Å². The second kappa shape index (κ2) is 7.11. The van der Waals surface area contributed by atoms with Crippen LogP contribution in [0.15, 0.2) is 18.3 Å². The first kappa shape index (κ1) is 16.1. The Labute approximate surface area is 123 Å². The van der Waals surface area contributed by atoms with Crippen LogP contribution in [-0.4, -0.2) is 36.1 Å². The molecule has 1 aliphatic heterocycles. The number of nitrogens with zero attached hydrogens (tertiary/aromatic N) is 2. The Morgan fingerprint density at radius 1 is 1.29 bits per heavy atom. The Morgan fingerprint density at radius 2 is 2.00 bits per heavy atom. The summed E-state index contributed by atoms with van der Waals surface area (Å²) in [6.45, 7) is 5.98. The molecule has 0 aromatic carbocycles. The molecular weight excluding hydrogens is 279 g/mol. The summed E-state index contributed by atoms with van der Waals surface area (Å²) >= 11 is 0. The van der Waals surface area contributed by atoms with Crippen molar-refractivity contribution < 1.29 is 13.2 Å². The summed E-state index contributed by atoms with van der Waals surface area (Å²) in [5.41, 5.74) is -0.663. The molecule has 1 aromatic rings. The molecule has 0 aliphatic carbocycles. The van der Waals surface area contributed by atoms with E-state index in [9.17, 15) is 13.2 Å². The van der Waals surface area contributed by atoms with Gasteiger partial charge in [0.15, 0.2) is 0 Å². The molecule has 0 radical (unpaired) electrons. The lowest BCUT2D eigenvalue weighted by Gasteiger charge is -2.29. The number of pyridine rings is 1. The Morgan fingerprint density at radius 3 is 2.67 bits per heavy atom. The third-order valence-electron chi connectivity index (χ3n) is 3.74. The normalized spacial score (nSPS) is 18.5. The number of rotatable bonds is 5. The van der Waals surface area contributed by atoms with E-state index < -0.39 is 11.7 Å². The zero-order valence-electron chi connectivity index (χ0n) is 12.3. The van der Waals surface area contributed by atoms with Gasteiger partial charge in [0.05, 0.1) is 5.56 Å². The van der Waals surface area contributed by atoms with Crippen molar-refractivity contribution in [1.29, 1.82) is 0 Å². The smallest absolute Gasteiger partial charge is 0.370 e. The second-order valence-electron chi connectivity index (χ2n) is 5.77. The number of halogens is 3. The van der Waals surface area contributed by atoms with Crippen LogP contribution in [0, 0.1) is 5.92 Å². The zero-order chi connectivity index (χ0) is 15.3. The summed E-state index contributed by atoms with van der Waals surface area (Å²) in [6.07, 6.45) is 0.668. The molecule has 21 heavy (non-hydrogen) atoms. The molecule has 1 atom stereocenters. The van der Waals surface area contributed by atoms with Crippen molar-refractivity contribution >= 4 is 5.82 Å². The highest BCUT2D eigenvalue weighted by Gasteiger charge is 2.30. The SMILES string of the molecule is CC(CNc1cc(C(F)(F)F)ccn1)CN1CCCCC1. The largest absolute Gasteiger partial charge is 0.416 e. The van der Waals surface area contributed by atoms with Gasteiger partial charge in [-0.2, -0.15) is 13.2 Å². The van der Waals surface area contributed by atoms with Crippen molar-refractivity contribution in [3.05, 3.63) is 23.9 Å². The third kappa shape index (κ3) is 5.19. The fourth-order valence-electron chi connectivity index (χ4n) is 2.63.